The number of carbonyl (C=O) groups excluding carboxylic acids is 2. The van der Waals surface area contributed by atoms with Crippen molar-refractivity contribution in [3.8, 4) is 0 Å². The van der Waals surface area contributed by atoms with Gasteiger partial charge in [-0.05, 0) is 49.2 Å². The summed E-state index contributed by atoms with van der Waals surface area (Å²) in [7, 11) is 0. The van der Waals surface area contributed by atoms with E-state index in [-0.39, 0.29) is 37.5 Å². The summed E-state index contributed by atoms with van der Waals surface area (Å²) in [5, 5.41) is 23.1. The molecule has 0 aliphatic carbocycles. The minimum absolute atomic E-state index is 0.0408. The lowest BCUT2D eigenvalue weighted by molar-refractivity contribution is -0.138. The van der Waals surface area contributed by atoms with Crippen LogP contribution in [0.4, 0.5) is 11.4 Å². The van der Waals surface area contributed by atoms with Crippen LogP contribution in [0.15, 0.2) is 36.4 Å². The first-order chi connectivity index (χ1) is 15.0. The number of anilines is 2. The lowest BCUT2D eigenvalue weighted by Gasteiger charge is -2.05. The van der Waals surface area contributed by atoms with Crippen molar-refractivity contribution in [3.63, 3.8) is 0 Å². The summed E-state index contributed by atoms with van der Waals surface area (Å²) < 4.78 is 0. The molecule has 0 aromatic heterocycles. The van der Waals surface area contributed by atoms with Crippen LogP contribution in [0.2, 0.25) is 10.0 Å². The zero-order valence-corrected chi connectivity index (χ0v) is 19.1. The SMILES string of the molecule is Cc1ccc(NC(=O)CCC(=O)O)cc1Cl.Cc1ccc(NC(=O)CCC(=O)O)cc1Cl. The molecule has 0 fully saturated rings. The molecule has 0 bridgehead atoms. The third-order valence-electron chi connectivity index (χ3n) is 4.04. The second-order valence-corrected chi connectivity index (χ2v) is 7.63. The van der Waals surface area contributed by atoms with Crippen molar-refractivity contribution >= 4 is 58.3 Å². The molecule has 10 heteroatoms. The Balaban J connectivity index is 0.000000320. The normalized spacial score (nSPS) is 9.88. The molecule has 172 valence electrons. The highest BCUT2D eigenvalue weighted by atomic mass is 35.5. The van der Waals surface area contributed by atoms with E-state index in [4.69, 9.17) is 33.4 Å². The van der Waals surface area contributed by atoms with E-state index in [0.717, 1.165) is 11.1 Å². The summed E-state index contributed by atoms with van der Waals surface area (Å²) in [6.45, 7) is 3.72. The minimum Gasteiger partial charge on any atom is -0.481 e. The number of nitrogens with one attached hydrogen (secondary N) is 2. The largest absolute Gasteiger partial charge is 0.481 e. The number of carbonyl (C=O) groups is 4. The predicted octanol–water partition coefficient (Wildman–Crippen LogP) is 4.90. The van der Waals surface area contributed by atoms with Crippen LogP contribution in [0.5, 0.6) is 0 Å². The molecule has 0 aliphatic heterocycles. The highest BCUT2D eigenvalue weighted by molar-refractivity contribution is 6.32. The van der Waals surface area contributed by atoms with Crippen LogP contribution >= 0.6 is 23.2 Å². The Morgan fingerprint density at radius 3 is 1.31 bits per heavy atom. The molecule has 2 rings (SSSR count). The smallest absolute Gasteiger partial charge is 0.303 e. The molecule has 0 aliphatic rings. The molecule has 0 heterocycles. The van der Waals surface area contributed by atoms with Crippen LogP contribution < -0.4 is 10.6 Å². The number of amides is 2. The molecular formula is C22H24Cl2N2O6. The van der Waals surface area contributed by atoms with Gasteiger partial charge in [0.25, 0.3) is 0 Å². The number of halogens is 2. The molecule has 32 heavy (non-hydrogen) atoms. The Morgan fingerprint density at radius 2 is 1.03 bits per heavy atom. The van der Waals surface area contributed by atoms with E-state index in [1.54, 1.807) is 36.4 Å². The fourth-order valence-electron chi connectivity index (χ4n) is 2.23. The average Bonchev–Trinajstić information content (AvgIpc) is 2.71. The van der Waals surface area contributed by atoms with E-state index in [0.29, 0.717) is 21.4 Å². The van der Waals surface area contributed by atoms with Crippen molar-refractivity contribution in [2.45, 2.75) is 39.5 Å². The highest BCUT2D eigenvalue weighted by Gasteiger charge is 2.07. The number of carboxylic acids is 2. The zero-order chi connectivity index (χ0) is 24.3. The molecule has 0 atom stereocenters. The highest BCUT2D eigenvalue weighted by Crippen LogP contribution is 2.21. The van der Waals surface area contributed by atoms with E-state index in [9.17, 15) is 19.2 Å². The van der Waals surface area contributed by atoms with Crippen molar-refractivity contribution in [1.82, 2.24) is 0 Å². The lowest BCUT2D eigenvalue weighted by atomic mass is 10.2. The number of aliphatic carboxylic acids is 2. The average molecular weight is 483 g/mol. The topological polar surface area (TPSA) is 133 Å². The molecule has 8 nitrogen and oxygen atoms in total. The molecule has 0 saturated carbocycles. The molecular weight excluding hydrogens is 459 g/mol. The second kappa shape index (κ2) is 13.3. The molecule has 0 radical (unpaired) electrons. The summed E-state index contributed by atoms with van der Waals surface area (Å²) in [5.74, 6) is -2.64. The first kappa shape index (κ1) is 26.9. The third-order valence-corrected chi connectivity index (χ3v) is 4.86. The zero-order valence-electron chi connectivity index (χ0n) is 17.6. The van der Waals surface area contributed by atoms with Gasteiger partial charge >= 0.3 is 11.9 Å². The quantitative estimate of drug-likeness (QED) is 0.422. The Labute approximate surface area is 195 Å². The Hall–Kier alpha value is -3.10. The number of hydrogen-bond acceptors (Lipinski definition) is 4. The van der Waals surface area contributed by atoms with Gasteiger partial charge < -0.3 is 20.8 Å². The van der Waals surface area contributed by atoms with Gasteiger partial charge in [-0.25, -0.2) is 0 Å². The molecule has 4 N–H and O–H groups in total. The van der Waals surface area contributed by atoms with Crippen LogP contribution in [-0.2, 0) is 19.2 Å². The molecule has 0 unspecified atom stereocenters. The number of carboxylic acid groups (broad SMARTS) is 2. The monoisotopic (exact) mass is 482 g/mol. The van der Waals surface area contributed by atoms with Gasteiger partial charge in [-0.2, -0.15) is 0 Å². The van der Waals surface area contributed by atoms with Crippen LogP contribution in [-0.4, -0.2) is 34.0 Å². The first-order valence-electron chi connectivity index (χ1n) is 9.53. The van der Waals surface area contributed by atoms with Gasteiger partial charge in [0.05, 0.1) is 12.8 Å². The van der Waals surface area contributed by atoms with E-state index in [1.807, 2.05) is 13.8 Å². The first-order valence-corrected chi connectivity index (χ1v) is 10.3. The van der Waals surface area contributed by atoms with Gasteiger partial charge in [0.2, 0.25) is 11.8 Å². The van der Waals surface area contributed by atoms with Gasteiger partial charge in [0.1, 0.15) is 0 Å². The summed E-state index contributed by atoms with van der Waals surface area (Å²) in [6.07, 6.45) is -0.432. The van der Waals surface area contributed by atoms with Crippen LogP contribution in [0.25, 0.3) is 0 Å². The predicted molar refractivity (Wildman–Crippen MR) is 123 cm³/mol. The van der Waals surface area contributed by atoms with Crippen molar-refractivity contribution in [1.29, 1.82) is 0 Å². The van der Waals surface area contributed by atoms with Crippen molar-refractivity contribution < 1.29 is 29.4 Å². The van der Waals surface area contributed by atoms with E-state index < -0.39 is 11.9 Å². The second-order valence-electron chi connectivity index (χ2n) is 6.81. The molecule has 2 aromatic rings. The van der Waals surface area contributed by atoms with Crippen LogP contribution in [0.1, 0.15) is 36.8 Å². The summed E-state index contributed by atoms with van der Waals surface area (Å²) >= 11 is 11.8. The Morgan fingerprint density at radius 1 is 0.688 bits per heavy atom. The van der Waals surface area contributed by atoms with Crippen molar-refractivity contribution in [3.05, 3.63) is 57.6 Å². The molecule has 0 saturated heterocycles. The van der Waals surface area contributed by atoms with Gasteiger partial charge in [0, 0.05) is 34.3 Å². The van der Waals surface area contributed by atoms with E-state index in [1.165, 1.54) is 0 Å². The standard InChI is InChI=1S/2C11H12ClNO3/c2*1-7-2-3-8(6-9(7)12)13-10(14)4-5-11(15)16/h2*2-3,6H,4-5H2,1H3,(H,13,14)(H,15,16). The maximum absolute atomic E-state index is 11.3. The Bertz CT molecular complexity index is 915. The molecule has 2 aromatic carbocycles. The van der Waals surface area contributed by atoms with Gasteiger partial charge in [0.15, 0.2) is 0 Å². The molecule has 0 spiro atoms. The van der Waals surface area contributed by atoms with Gasteiger partial charge in [-0.1, -0.05) is 35.3 Å². The summed E-state index contributed by atoms with van der Waals surface area (Å²) in [4.78, 5) is 43.1. The number of benzene rings is 2. The summed E-state index contributed by atoms with van der Waals surface area (Å²) in [5.41, 5.74) is 2.99. The van der Waals surface area contributed by atoms with E-state index in [2.05, 4.69) is 10.6 Å². The minimum atomic E-state index is -0.989. The van der Waals surface area contributed by atoms with E-state index >= 15 is 0 Å². The van der Waals surface area contributed by atoms with Gasteiger partial charge in [-0.3, -0.25) is 19.2 Å². The van der Waals surface area contributed by atoms with Crippen LogP contribution in [0, 0.1) is 13.8 Å². The maximum atomic E-state index is 11.3. The van der Waals surface area contributed by atoms with Crippen molar-refractivity contribution in [2.24, 2.45) is 0 Å². The summed E-state index contributed by atoms with van der Waals surface area (Å²) in [6, 6.07) is 10.3. The molecule has 2 amide bonds. The van der Waals surface area contributed by atoms with Crippen molar-refractivity contribution in [2.75, 3.05) is 10.6 Å². The fourth-order valence-corrected chi connectivity index (χ4v) is 2.59. The number of hydrogen-bond donors (Lipinski definition) is 4. The maximum Gasteiger partial charge on any atom is 0.303 e. The third kappa shape index (κ3) is 10.8. The van der Waals surface area contributed by atoms with Gasteiger partial charge in [-0.15, -0.1) is 0 Å². The number of rotatable bonds is 8. The Kier molecular flexibility index (Phi) is 11.2. The lowest BCUT2D eigenvalue weighted by Crippen LogP contribution is -2.13. The fraction of sp³-hybridized carbons (Fsp3) is 0.273. The number of aryl methyl sites for hydroxylation is 2. The van der Waals surface area contributed by atoms with Crippen LogP contribution in [0.3, 0.4) is 0 Å².